The van der Waals surface area contributed by atoms with Crippen LogP contribution in [0.3, 0.4) is 0 Å². The van der Waals surface area contributed by atoms with Crippen LogP contribution in [-0.2, 0) is 11.2 Å². The van der Waals surface area contributed by atoms with E-state index in [1.807, 2.05) is 25.1 Å². The van der Waals surface area contributed by atoms with Gasteiger partial charge in [-0.2, -0.15) is 0 Å². The molecule has 0 saturated heterocycles. The summed E-state index contributed by atoms with van der Waals surface area (Å²) in [6.07, 6.45) is 2.58. The number of aryl methyl sites for hydroxylation is 2. The largest absolute Gasteiger partial charge is 0.493 e. The molecule has 0 aliphatic carbocycles. The third-order valence-electron chi connectivity index (χ3n) is 3.65. The van der Waals surface area contributed by atoms with E-state index in [4.69, 9.17) is 14.2 Å². The number of aromatic nitrogens is 1. The van der Waals surface area contributed by atoms with Crippen molar-refractivity contribution in [3.8, 4) is 17.2 Å². The minimum atomic E-state index is -0.0892. The maximum Gasteiger partial charge on any atom is 0.224 e. The fourth-order valence-electron chi connectivity index (χ4n) is 2.42. The van der Waals surface area contributed by atoms with E-state index in [2.05, 4.69) is 10.3 Å². The summed E-state index contributed by atoms with van der Waals surface area (Å²) in [6, 6.07) is 7.36. The van der Waals surface area contributed by atoms with Crippen LogP contribution in [0.4, 0.5) is 5.69 Å². The Morgan fingerprint density at radius 1 is 1.08 bits per heavy atom. The molecule has 2 aromatic rings. The molecule has 1 aromatic carbocycles. The van der Waals surface area contributed by atoms with Crippen LogP contribution in [0.5, 0.6) is 17.2 Å². The van der Waals surface area contributed by atoms with E-state index in [0.717, 1.165) is 11.3 Å². The van der Waals surface area contributed by atoms with Crippen LogP contribution in [0, 0.1) is 6.92 Å². The normalized spacial score (nSPS) is 10.2. The number of anilines is 1. The Balaban J connectivity index is 2.00. The van der Waals surface area contributed by atoms with Gasteiger partial charge in [0.25, 0.3) is 0 Å². The zero-order chi connectivity index (χ0) is 17.5. The van der Waals surface area contributed by atoms with E-state index >= 15 is 0 Å². The summed E-state index contributed by atoms with van der Waals surface area (Å²) in [4.78, 5) is 16.3. The molecular weight excluding hydrogens is 308 g/mol. The number of benzene rings is 1. The molecule has 6 nitrogen and oxygen atoms in total. The third-order valence-corrected chi connectivity index (χ3v) is 3.65. The number of carbonyl (C=O) groups excluding carboxylic acids is 1. The van der Waals surface area contributed by atoms with E-state index < -0.39 is 0 Å². The maximum atomic E-state index is 12.2. The van der Waals surface area contributed by atoms with Crippen LogP contribution in [-0.4, -0.2) is 32.2 Å². The lowest BCUT2D eigenvalue weighted by atomic mass is 10.1. The quantitative estimate of drug-likeness (QED) is 0.845. The van der Waals surface area contributed by atoms with Gasteiger partial charge in [0.2, 0.25) is 5.91 Å². The van der Waals surface area contributed by atoms with E-state index in [-0.39, 0.29) is 5.91 Å². The average Bonchev–Trinajstić information content (AvgIpc) is 2.60. The molecular formula is C18H22N2O4. The Labute approximate surface area is 141 Å². The molecule has 0 aliphatic rings. The van der Waals surface area contributed by atoms with Crippen molar-refractivity contribution < 1.29 is 19.0 Å². The van der Waals surface area contributed by atoms with Crippen molar-refractivity contribution in [3.63, 3.8) is 0 Å². The Morgan fingerprint density at radius 3 is 2.50 bits per heavy atom. The van der Waals surface area contributed by atoms with Gasteiger partial charge in [-0.3, -0.25) is 9.78 Å². The van der Waals surface area contributed by atoms with E-state index in [9.17, 15) is 4.79 Å². The minimum Gasteiger partial charge on any atom is -0.493 e. The van der Waals surface area contributed by atoms with Gasteiger partial charge in [0.1, 0.15) is 0 Å². The molecule has 6 heteroatoms. The fourth-order valence-corrected chi connectivity index (χ4v) is 2.42. The van der Waals surface area contributed by atoms with Crippen molar-refractivity contribution >= 4 is 11.6 Å². The van der Waals surface area contributed by atoms with Crippen LogP contribution in [0.15, 0.2) is 30.5 Å². The van der Waals surface area contributed by atoms with Crippen LogP contribution in [0.2, 0.25) is 0 Å². The van der Waals surface area contributed by atoms with E-state index in [1.54, 1.807) is 33.6 Å². The molecule has 1 amide bonds. The summed E-state index contributed by atoms with van der Waals surface area (Å²) in [5, 5.41) is 2.86. The van der Waals surface area contributed by atoms with E-state index in [1.165, 1.54) is 0 Å². The van der Waals surface area contributed by atoms with Crippen LogP contribution in [0.25, 0.3) is 0 Å². The molecule has 2 rings (SSSR count). The first-order valence-corrected chi connectivity index (χ1v) is 7.59. The molecule has 0 atom stereocenters. The first-order chi connectivity index (χ1) is 11.6. The Bertz CT molecular complexity index is 716. The van der Waals surface area contributed by atoms with Gasteiger partial charge in [-0.25, -0.2) is 0 Å². The predicted octanol–water partition coefficient (Wildman–Crippen LogP) is 2.99. The predicted molar refractivity (Wildman–Crippen MR) is 92.0 cm³/mol. The lowest BCUT2D eigenvalue weighted by molar-refractivity contribution is -0.116. The molecule has 128 valence electrons. The number of nitrogens with zero attached hydrogens (tertiary/aromatic N) is 1. The number of nitrogens with one attached hydrogen (secondary N) is 1. The highest BCUT2D eigenvalue weighted by Gasteiger charge is 2.11. The number of amides is 1. The molecule has 0 saturated carbocycles. The summed E-state index contributed by atoms with van der Waals surface area (Å²) in [7, 11) is 4.74. The molecule has 0 aliphatic heterocycles. The molecule has 24 heavy (non-hydrogen) atoms. The zero-order valence-electron chi connectivity index (χ0n) is 14.4. The second-order valence-corrected chi connectivity index (χ2v) is 5.21. The fraction of sp³-hybridized carbons (Fsp3) is 0.333. The highest BCUT2D eigenvalue weighted by atomic mass is 16.5. The van der Waals surface area contributed by atoms with Crippen molar-refractivity contribution in [2.45, 2.75) is 19.8 Å². The molecule has 0 spiro atoms. The van der Waals surface area contributed by atoms with Gasteiger partial charge < -0.3 is 19.5 Å². The molecule has 1 N–H and O–H groups in total. The van der Waals surface area contributed by atoms with Crippen LogP contribution < -0.4 is 19.5 Å². The number of rotatable bonds is 7. The monoisotopic (exact) mass is 330 g/mol. The lowest BCUT2D eigenvalue weighted by Crippen LogP contribution is -2.13. The van der Waals surface area contributed by atoms with Crippen molar-refractivity contribution in [1.82, 2.24) is 4.98 Å². The summed E-state index contributed by atoms with van der Waals surface area (Å²) in [5.41, 5.74) is 2.36. The van der Waals surface area contributed by atoms with Crippen molar-refractivity contribution in [2.24, 2.45) is 0 Å². The topological polar surface area (TPSA) is 69.7 Å². The number of hydrogen-bond donors (Lipinski definition) is 1. The molecule has 0 fully saturated rings. The number of ether oxygens (including phenoxy) is 3. The first kappa shape index (κ1) is 17.6. The molecule has 1 heterocycles. The van der Waals surface area contributed by atoms with Crippen LogP contribution >= 0.6 is 0 Å². The minimum absolute atomic E-state index is 0.0892. The number of carbonyl (C=O) groups is 1. The third kappa shape index (κ3) is 4.16. The number of hydrogen-bond acceptors (Lipinski definition) is 5. The summed E-state index contributed by atoms with van der Waals surface area (Å²) >= 11 is 0. The van der Waals surface area contributed by atoms with Gasteiger partial charge in [-0.05, 0) is 37.1 Å². The SMILES string of the molecule is COc1ccc(CCC(=O)Nc2ccnc(C)c2OC)cc1OC. The van der Waals surface area contributed by atoms with Crippen LogP contribution in [0.1, 0.15) is 17.7 Å². The molecule has 0 radical (unpaired) electrons. The van der Waals surface area contributed by atoms with Gasteiger partial charge >= 0.3 is 0 Å². The second-order valence-electron chi connectivity index (χ2n) is 5.21. The van der Waals surface area contributed by atoms with E-state index in [0.29, 0.717) is 35.8 Å². The van der Waals surface area contributed by atoms with Gasteiger partial charge in [0, 0.05) is 12.6 Å². The summed E-state index contributed by atoms with van der Waals surface area (Å²) in [5.74, 6) is 1.81. The zero-order valence-corrected chi connectivity index (χ0v) is 14.4. The van der Waals surface area contributed by atoms with Gasteiger partial charge in [-0.15, -0.1) is 0 Å². The summed E-state index contributed by atoms with van der Waals surface area (Å²) < 4.78 is 15.8. The highest BCUT2D eigenvalue weighted by Crippen LogP contribution is 2.28. The van der Waals surface area contributed by atoms with Crippen molar-refractivity contribution in [1.29, 1.82) is 0 Å². The van der Waals surface area contributed by atoms with Gasteiger partial charge in [-0.1, -0.05) is 6.07 Å². The Morgan fingerprint density at radius 2 is 1.83 bits per heavy atom. The standard InChI is InChI=1S/C18H22N2O4/c1-12-18(24-4)14(9-10-19-12)20-17(21)8-6-13-5-7-15(22-2)16(11-13)23-3/h5,7,9-11H,6,8H2,1-4H3,(H,19,20,21). The van der Waals surface area contributed by atoms with Gasteiger partial charge in [0.05, 0.1) is 32.7 Å². The number of pyridine rings is 1. The number of methoxy groups -OCH3 is 3. The second kappa shape index (κ2) is 8.19. The molecule has 1 aromatic heterocycles. The average molecular weight is 330 g/mol. The molecule has 0 unspecified atom stereocenters. The van der Waals surface area contributed by atoms with Gasteiger partial charge in [0.15, 0.2) is 17.2 Å². The Hall–Kier alpha value is -2.76. The summed E-state index contributed by atoms with van der Waals surface area (Å²) in [6.45, 7) is 1.83. The molecule has 0 bridgehead atoms. The van der Waals surface area contributed by atoms with Crippen molar-refractivity contribution in [3.05, 3.63) is 41.7 Å². The maximum absolute atomic E-state index is 12.2. The Kier molecular flexibility index (Phi) is 6.01. The van der Waals surface area contributed by atoms with Crippen molar-refractivity contribution in [2.75, 3.05) is 26.6 Å². The first-order valence-electron chi connectivity index (χ1n) is 7.59. The highest BCUT2D eigenvalue weighted by molar-refractivity contribution is 5.92. The smallest absolute Gasteiger partial charge is 0.224 e. The lowest BCUT2D eigenvalue weighted by Gasteiger charge is -2.12.